The van der Waals surface area contributed by atoms with E-state index in [-0.39, 0.29) is 18.2 Å². The highest BCUT2D eigenvalue weighted by Gasteiger charge is 2.21. The molecule has 8 nitrogen and oxygen atoms in total. The number of ether oxygens (including phenoxy) is 1. The smallest absolute Gasteiger partial charge is 0.308 e. The zero-order valence-corrected chi connectivity index (χ0v) is 16.3. The number of piperazine rings is 1. The van der Waals surface area contributed by atoms with Crippen molar-refractivity contribution in [3.05, 3.63) is 54.1 Å². The molecule has 0 atom stereocenters. The minimum atomic E-state index is -0.462. The molecule has 0 aliphatic carbocycles. The lowest BCUT2D eigenvalue weighted by Gasteiger charge is -2.36. The Morgan fingerprint density at radius 2 is 1.72 bits per heavy atom. The summed E-state index contributed by atoms with van der Waals surface area (Å²) in [6, 6.07) is 13.9. The van der Waals surface area contributed by atoms with Crippen molar-refractivity contribution in [2.24, 2.45) is 0 Å². The molecule has 0 spiro atoms. The number of nitrogen functional groups attached to an aromatic ring is 1. The summed E-state index contributed by atoms with van der Waals surface area (Å²) < 4.78 is 4.97. The van der Waals surface area contributed by atoms with E-state index in [0.29, 0.717) is 31.7 Å². The average Bonchev–Trinajstić information content (AvgIpc) is 2.72. The minimum Gasteiger partial charge on any atom is -0.427 e. The highest BCUT2D eigenvalue weighted by molar-refractivity contribution is 5.96. The molecule has 8 heteroatoms. The number of esters is 1. The first-order valence-corrected chi connectivity index (χ1v) is 9.37. The number of nitrogens with zero attached hydrogens (tertiary/aromatic N) is 2. The Hall–Kier alpha value is -3.55. The second-order valence-corrected chi connectivity index (χ2v) is 6.76. The lowest BCUT2D eigenvalue weighted by molar-refractivity contribution is -0.132. The molecule has 1 heterocycles. The first kappa shape index (κ1) is 20.2. The molecule has 2 aromatic rings. The molecule has 152 valence electrons. The fraction of sp³-hybridized carbons (Fsp3) is 0.286. The van der Waals surface area contributed by atoms with Crippen LogP contribution in [0.5, 0.6) is 5.75 Å². The Morgan fingerprint density at radius 1 is 1.03 bits per heavy atom. The van der Waals surface area contributed by atoms with Crippen LogP contribution in [-0.4, -0.2) is 55.4 Å². The summed E-state index contributed by atoms with van der Waals surface area (Å²) in [6.07, 6.45) is 0. The van der Waals surface area contributed by atoms with Gasteiger partial charge in [-0.25, -0.2) is 0 Å². The number of benzene rings is 2. The van der Waals surface area contributed by atoms with Crippen molar-refractivity contribution in [1.82, 2.24) is 10.2 Å². The van der Waals surface area contributed by atoms with Gasteiger partial charge in [0.15, 0.2) is 0 Å². The largest absolute Gasteiger partial charge is 0.427 e. The predicted octanol–water partition coefficient (Wildman–Crippen LogP) is 1.27. The molecule has 0 aromatic heterocycles. The van der Waals surface area contributed by atoms with Crippen molar-refractivity contribution in [2.75, 3.05) is 43.4 Å². The van der Waals surface area contributed by atoms with Crippen molar-refractivity contribution in [1.29, 1.82) is 0 Å². The molecule has 1 aliphatic rings. The molecule has 3 rings (SSSR count). The Morgan fingerprint density at radius 3 is 2.38 bits per heavy atom. The van der Waals surface area contributed by atoms with E-state index in [2.05, 4.69) is 10.2 Å². The van der Waals surface area contributed by atoms with Gasteiger partial charge in [-0.15, -0.1) is 0 Å². The van der Waals surface area contributed by atoms with Crippen LogP contribution in [0.4, 0.5) is 11.4 Å². The number of rotatable bonds is 5. The van der Waals surface area contributed by atoms with E-state index in [9.17, 15) is 14.4 Å². The monoisotopic (exact) mass is 396 g/mol. The predicted molar refractivity (Wildman–Crippen MR) is 110 cm³/mol. The van der Waals surface area contributed by atoms with Gasteiger partial charge >= 0.3 is 5.97 Å². The fourth-order valence-electron chi connectivity index (χ4n) is 3.14. The second kappa shape index (κ2) is 9.09. The average molecular weight is 396 g/mol. The number of carbonyl (C=O) groups excluding carboxylic acids is 3. The number of nitrogens with two attached hydrogens (primary N) is 1. The number of hydrogen-bond acceptors (Lipinski definition) is 6. The van der Waals surface area contributed by atoms with Crippen molar-refractivity contribution in [2.45, 2.75) is 6.92 Å². The Kier molecular flexibility index (Phi) is 6.33. The maximum absolute atomic E-state index is 12.4. The molecule has 1 aliphatic heterocycles. The van der Waals surface area contributed by atoms with Crippen LogP contribution < -0.4 is 20.7 Å². The molecule has 0 bridgehead atoms. The Balaban J connectivity index is 1.48. The van der Waals surface area contributed by atoms with Gasteiger partial charge in [-0.3, -0.25) is 14.4 Å². The van der Waals surface area contributed by atoms with E-state index >= 15 is 0 Å². The number of nitrogens with one attached hydrogen (secondary N) is 1. The molecule has 0 radical (unpaired) electrons. The second-order valence-electron chi connectivity index (χ2n) is 6.76. The van der Waals surface area contributed by atoms with E-state index < -0.39 is 11.9 Å². The topological polar surface area (TPSA) is 105 Å². The van der Waals surface area contributed by atoms with Crippen molar-refractivity contribution in [3.8, 4) is 5.75 Å². The summed E-state index contributed by atoms with van der Waals surface area (Å²) >= 11 is 0. The van der Waals surface area contributed by atoms with Gasteiger partial charge in [0.2, 0.25) is 5.91 Å². The maximum Gasteiger partial charge on any atom is 0.308 e. The molecule has 3 N–H and O–H groups in total. The summed E-state index contributed by atoms with van der Waals surface area (Å²) in [5.74, 6) is -0.703. The van der Waals surface area contributed by atoms with Crippen LogP contribution in [0.15, 0.2) is 48.5 Å². The quantitative estimate of drug-likeness (QED) is 0.448. The Labute approximate surface area is 169 Å². The number of carbonyl (C=O) groups is 3. The van der Waals surface area contributed by atoms with Crippen LogP contribution in [0.25, 0.3) is 0 Å². The summed E-state index contributed by atoms with van der Waals surface area (Å²) in [5.41, 5.74) is 7.84. The van der Waals surface area contributed by atoms with Crippen molar-refractivity contribution >= 4 is 29.2 Å². The molecule has 0 unspecified atom stereocenters. The Bertz CT molecular complexity index is 890. The zero-order valence-electron chi connectivity index (χ0n) is 16.3. The molecule has 2 aromatic carbocycles. The summed E-state index contributed by atoms with van der Waals surface area (Å²) in [5, 5.41) is 2.63. The van der Waals surface area contributed by atoms with Crippen molar-refractivity contribution in [3.63, 3.8) is 0 Å². The highest BCUT2D eigenvalue weighted by atomic mass is 16.5. The van der Waals surface area contributed by atoms with Gasteiger partial charge in [0.25, 0.3) is 5.91 Å². The summed E-state index contributed by atoms with van der Waals surface area (Å²) in [7, 11) is 0. The fourth-order valence-corrected chi connectivity index (χ4v) is 3.14. The number of amides is 2. The first-order valence-electron chi connectivity index (χ1n) is 9.37. The third-order valence-electron chi connectivity index (χ3n) is 4.65. The number of hydrogen-bond donors (Lipinski definition) is 2. The summed E-state index contributed by atoms with van der Waals surface area (Å²) in [4.78, 5) is 39.7. The summed E-state index contributed by atoms with van der Waals surface area (Å²) in [6.45, 7) is 3.81. The van der Waals surface area contributed by atoms with Gasteiger partial charge in [-0.2, -0.15) is 0 Å². The van der Waals surface area contributed by atoms with Gasteiger partial charge in [0.05, 0.1) is 6.54 Å². The lowest BCUT2D eigenvalue weighted by Crippen LogP contribution is -2.51. The SMILES string of the molecule is CC(=O)Oc1cccc(C(=O)NCC(=O)N2CCN(c3ccc(N)cc3)CC2)c1. The van der Waals surface area contributed by atoms with Gasteiger partial charge in [-0.05, 0) is 42.5 Å². The van der Waals surface area contributed by atoms with E-state index in [1.54, 1.807) is 23.1 Å². The molecule has 1 fully saturated rings. The molecule has 0 saturated carbocycles. The van der Waals surface area contributed by atoms with Crippen LogP contribution in [0.2, 0.25) is 0 Å². The first-order chi connectivity index (χ1) is 13.9. The standard InChI is InChI=1S/C21H24N4O4/c1-15(26)29-19-4-2-3-16(13-19)21(28)23-14-20(27)25-11-9-24(10-12-25)18-7-5-17(22)6-8-18/h2-8,13H,9-12,14,22H2,1H3,(H,23,28). The van der Waals surface area contributed by atoms with E-state index in [0.717, 1.165) is 11.4 Å². The van der Waals surface area contributed by atoms with Crippen LogP contribution >= 0.6 is 0 Å². The third kappa shape index (κ3) is 5.47. The van der Waals surface area contributed by atoms with Gasteiger partial charge in [-0.1, -0.05) is 6.07 Å². The van der Waals surface area contributed by atoms with Crippen LogP contribution in [-0.2, 0) is 9.59 Å². The molecule has 29 heavy (non-hydrogen) atoms. The third-order valence-corrected chi connectivity index (χ3v) is 4.65. The van der Waals surface area contributed by atoms with Gasteiger partial charge in [0.1, 0.15) is 5.75 Å². The normalized spacial score (nSPS) is 13.7. The minimum absolute atomic E-state index is 0.0848. The molecular formula is C21H24N4O4. The van der Waals surface area contributed by atoms with E-state index in [1.807, 2.05) is 24.3 Å². The van der Waals surface area contributed by atoms with Crippen LogP contribution in [0, 0.1) is 0 Å². The molecular weight excluding hydrogens is 372 g/mol. The lowest BCUT2D eigenvalue weighted by atomic mass is 10.2. The van der Waals surface area contributed by atoms with Crippen molar-refractivity contribution < 1.29 is 19.1 Å². The molecule has 2 amide bonds. The highest BCUT2D eigenvalue weighted by Crippen LogP contribution is 2.18. The van der Waals surface area contributed by atoms with E-state index in [1.165, 1.54) is 13.0 Å². The van der Waals surface area contributed by atoms with Crippen LogP contribution in [0.3, 0.4) is 0 Å². The maximum atomic E-state index is 12.4. The zero-order chi connectivity index (χ0) is 20.8. The van der Waals surface area contributed by atoms with Crippen LogP contribution in [0.1, 0.15) is 17.3 Å². The van der Waals surface area contributed by atoms with Gasteiger partial charge < -0.3 is 25.6 Å². The van der Waals surface area contributed by atoms with E-state index in [4.69, 9.17) is 10.5 Å². The van der Waals surface area contributed by atoms with Gasteiger partial charge in [0, 0.05) is 50.0 Å². The number of anilines is 2. The molecule has 1 saturated heterocycles.